The van der Waals surface area contributed by atoms with E-state index in [2.05, 4.69) is 12.2 Å². The van der Waals surface area contributed by atoms with Gasteiger partial charge in [0.15, 0.2) is 0 Å². The molecule has 6 nitrogen and oxygen atoms in total. The topological polar surface area (TPSA) is 61.9 Å². The van der Waals surface area contributed by atoms with E-state index in [1.807, 2.05) is 24.3 Å². The van der Waals surface area contributed by atoms with Crippen LogP contribution in [0.2, 0.25) is 0 Å². The lowest BCUT2D eigenvalue weighted by Gasteiger charge is -2.23. The SMILES string of the molecule is CC1CCN(C(=O)N[C@H]2COc3ccccc3N(C)C2=O)C1. The monoisotopic (exact) mass is 303 g/mol. The van der Waals surface area contributed by atoms with Crippen molar-refractivity contribution in [3.8, 4) is 5.75 Å². The Morgan fingerprint density at radius 1 is 1.36 bits per heavy atom. The lowest BCUT2D eigenvalue weighted by atomic mass is 10.2. The zero-order valence-electron chi connectivity index (χ0n) is 12.9. The van der Waals surface area contributed by atoms with Gasteiger partial charge in [0, 0.05) is 20.1 Å². The quantitative estimate of drug-likeness (QED) is 0.854. The highest BCUT2D eigenvalue weighted by atomic mass is 16.5. The zero-order chi connectivity index (χ0) is 15.7. The molecular formula is C16H21N3O3. The third-order valence-electron chi connectivity index (χ3n) is 4.27. The molecule has 1 fully saturated rings. The number of hydrogen-bond donors (Lipinski definition) is 1. The molecule has 6 heteroatoms. The van der Waals surface area contributed by atoms with Gasteiger partial charge in [0.1, 0.15) is 18.4 Å². The molecule has 1 unspecified atom stereocenters. The van der Waals surface area contributed by atoms with E-state index in [-0.39, 0.29) is 18.5 Å². The molecule has 0 spiro atoms. The molecule has 1 aromatic carbocycles. The summed E-state index contributed by atoms with van der Waals surface area (Å²) in [6, 6.07) is 6.52. The van der Waals surface area contributed by atoms with Crippen molar-refractivity contribution in [1.82, 2.24) is 10.2 Å². The number of likely N-dealkylation sites (N-methyl/N-ethyl adjacent to an activating group) is 1. The third kappa shape index (κ3) is 2.73. The summed E-state index contributed by atoms with van der Waals surface area (Å²) < 4.78 is 5.69. The van der Waals surface area contributed by atoms with Crippen LogP contribution >= 0.6 is 0 Å². The van der Waals surface area contributed by atoms with Gasteiger partial charge in [-0.2, -0.15) is 0 Å². The molecule has 1 N–H and O–H groups in total. The van der Waals surface area contributed by atoms with E-state index in [1.54, 1.807) is 16.8 Å². The Kier molecular flexibility index (Phi) is 3.92. The molecule has 1 saturated heterocycles. The number of urea groups is 1. The molecule has 0 saturated carbocycles. The van der Waals surface area contributed by atoms with Gasteiger partial charge in [0.05, 0.1) is 5.69 Å². The predicted octanol–water partition coefficient (Wildman–Crippen LogP) is 1.46. The van der Waals surface area contributed by atoms with E-state index in [0.717, 1.165) is 25.2 Å². The Hall–Kier alpha value is -2.24. The number of rotatable bonds is 1. The minimum absolute atomic E-state index is 0.148. The Bertz CT molecular complexity index is 590. The maximum absolute atomic E-state index is 12.5. The predicted molar refractivity (Wildman–Crippen MR) is 83.0 cm³/mol. The van der Waals surface area contributed by atoms with Gasteiger partial charge in [-0.1, -0.05) is 19.1 Å². The Labute approximate surface area is 130 Å². The number of hydrogen-bond acceptors (Lipinski definition) is 3. The first-order valence-electron chi connectivity index (χ1n) is 7.61. The first-order valence-corrected chi connectivity index (χ1v) is 7.61. The second-order valence-corrected chi connectivity index (χ2v) is 6.02. The average Bonchev–Trinajstić information content (AvgIpc) is 2.92. The Morgan fingerprint density at radius 3 is 2.86 bits per heavy atom. The third-order valence-corrected chi connectivity index (χ3v) is 4.27. The molecule has 0 bridgehead atoms. The highest BCUT2D eigenvalue weighted by molar-refractivity contribution is 6.00. The molecule has 2 aliphatic rings. The minimum Gasteiger partial charge on any atom is -0.489 e. The van der Waals surface area contributed by atoms with Gasteiger partial charge in [-0.15, -0.1) is 0 Å². The number of para-hydroxylation sites is 2. The van der Waals surface area contributed by atoms with Gasteiger partial charge in [-0.25, -0.2) is 4.79 Å². The minimum atomic E-state index is -0.666. The smallest absolute Gasteiger partial charge is 0.318 e. The van der Waals surface area contributed by atoms with Gasteiger partial charge in [-0.3, -0.25) is 4.79 Å². The second kappa shape index (κ2) is 5.87. The normalized spacial score (nSPS) is 24.5. The number of nitrogens with zero attached hydrogens (tertiary/aromatic N) is 2. The molecular weight excluding hydrogens is 282 g/mol. The van der Waals surface area contributed by atoms with Gasteiger partial charge in [0.25, 0.3) is 5.91 Å². The van der Waals surface area contributed by atoms with E-state index >= 15 is 0 Å². The van der Waals surface area contributed by atoms with E-state index in [9.17, 15) is 9.59 Å². The molecule has 3 rings (SSSR count). The van der Waals surface area contributed by atoms with Gasteiger partial charge in [-0.05, 0) is 24.5 Å². The maximum atomic E-state index is 12.5. The van der Waals surface area contributed by atoms with E-state index in [0.29, 0.717) is 11.7 Å². The van der Waals surface area contributed by atoms with Crippen LogP contribution in [0.1, 0.15) is 13.3 Å². The van der Waals surface area contributed by atoms with Crippen molar-refractivity contribution < 1.29 is 14.3 Å². The van der Waals surface area contributed by atoms with Crippen molar-refractivity contribution in [2.75, 3.05) is 31.6 Å². The van der Waals surface area contributed by atoms with Crippen LogP contribution in [-0.4, -0.2) is 49.6 Å². The van der Waals surface area contributed by atoms with E-state index in [4.69, 9.17) is 4.74 Å². The number of benzene rings is 1. The summed E-state index contributed by atoms with van der Waals surface area (Å²) in [4.78, 5) is 28.1. The molecule has 2 atom stereocenters. The average molecular weight is 303 g/mol. The fraction of sp³-hybridized carbons (Fsp3) is 0.500. The van der Waals surface area contributed by atoms with E-state index < -0.39 is 6.04 Å². The summed E-state index contributed by atoms with van der Waals surface area (Å²) in [5.41, 5.74) is 0.721. The fourth-order valence-electron chi connectivity index (χ4n) is 2.92. The van der Waals surface area contributed by atoms with Crippen molar-refractivity contribution in [1.29, 1.82) is 0 Å². The summed E-state index contributed by atoms with van der Waals surface area (Å²) in [6.45, 7) is 3.75. The fourth-order valence-corrected chi connectivity index (χ4v) is 2.92. The highest BCUT2D eigenvalue weighted by Gasteiger charge is 2.32. The Morgan fingerprint density at radius 2 is 2.14 bits per heavy atom. The summed E-state index contributed by atoms with van der Waals surface area (Å²) in [5.74, 6) is 1.01. The van der Waals surface area contributed by atoms with E-state index in [1.165, 1.54) is 0 Å². The number of likely N-dealkylation sites (tertiary alicyclic amines) is 1. The van der Waals surface area contributed by atoms with Crippen LogP contribution in [0.3, 0.4) is 0 Å². The molecule has 0 aromatic heterocycles. The number of anilines is 1. The van der Waals surface area contributed by atoms with Crippen LogP contribution in [0, 0.1) is 5.92 Å². The molecule has 3 amide bonds. The summed E-state index contributed by atoms with van der Waals surface area (Å²) >= 11 is 0. The number of carbonyl (C=O) groups excluding carboxylic acids is 2. The molecule has 1 aromatic rings. The van der Waals surface area contributed by atoms with Crippen molar-refractivity contribution >= 4 is 17.6 Å². The zero-order valence-corrected chi connectivity index (χ0v) is 12.9. The molecule has 22 heavy (non-hydrogen) atoms. The summed E-state index contributed by atoms with van der Waals surface area (Å²) in [5, 5.41) is 2.81. The second-order valence-electron chi connectivity index (χ2n) is 6.02. The largest absolute Gasteiger partial charge is 0.489 e. The first-order chi connectivity index (χ1) is 10.6. The number of fused-ring (bicyclic) bond motifs is 1. The van der Waals surface area contributed by atoms with Crippen molar-refractivity contribution in [3.63, 3.8) is 0 Å². The lowest BCUT2D eigenvalue weighted by molar-refractivity contribution is -0.120. The van der Waals surface area contributed by atoms with Gasteiger partial charge in [0.2, 0.25) is 0 Å². The molecule has 0 aliphatic carbocycles. The van der Waals surface area contributed by atoms with Gasteiger partial charge < -0.3 is 19.9 Å². The van der Waals surface area contributed by atoms with Crippen molar-refractivity contribution in [2.45, 2.75) is 19.4 Å². The van der Waals surface area contributed by atoms with Crippen LogP contribution < -0.4 is 15.0 Å². The first kappa shape index (κ1) is 14.7. The number of carbonyl (C=O) groups is 2. The molecule has 0 radical (unpaired) electrons. The standard InChI is InChI=1S/C16H21N3O3/c1-11-7-8-19(9-11)16(21)17-12-10-22-14-6-4-3-5-13(14)18(2)15(12)20/h3-6,11-12H,7-10H2,1-2H3,(H,17,21)/t11?,12-/m0/s1. The van der Waals surface area contributed by atoms with Gasteiger partial charge >= 0.3 is 6.03 Å². The lowest BCUT2D eigenvalue weighted by Crippen LogP contribution is -2.52. The molecule has 118 valence electrons. The van der Waals surface area contributed by atoms with Crippen molar-refractivity contribution in [2.24, 2.45) is 5.92 Å². The van der Waals surface area contributed by atoms with Crippen LogP contribution in [0.25, 0.3) is 0 Å². The summed E-state index contributed by atoms with van der Waals surface area (Å²) in [6.07, 6.45) is 1.01. The van der Waals surface area contributed by atoms with Crippen molar-refractivity contribution in [3.05, 3.63) is 24.3 Å². The van der Waals surface area contributed by atoms with Crippen LogP contribution in [0.5, 0.6) is 5.75 Å². The molecule has 2 heterocycles. The molecule has 2 aliphatic heterocycles. The Balaban J connectivity index is 1.71. The van der Waals surface area contributed by atoms with Crippen LogP contribution in [-0.2, 0) is 4.79 Å². The number of nitrogens with one attached hydrogen (secondary N) is 1. The summed E-state index contributed by atoms with van der Waals surface area (Å²) in [7, 11) is 1.70. The highest BCUT2D eigenvalue weighted by Crippen LogP contribution is 2.29. The van der Waals surface area contributed by atoms with Crippen LogP contribution in [0.4, 0.5) is 10.5 Å². The number of amides is 3. The van der Waals surface area contributed by atoms with Crippen LogP contribution in [0.15, 0.2) is 24.3 Å². The maximum Gasteiger partial charge on any atom is 0.318 e. The number of ether oxygens (including phenoxy) is 1.